The van der Waals surface area contributed by atoms with E-state index in [1.165, 1.54) is 94.7 Å². The van der Waals surface area contributed by atoms with E-state index in [1.54, 1.807) is 11.1 Å². The molecule has 6 aromatic carbocycles. The lowest BCUT2D eigenvalue weighted by Gasteiger charge is -2.30. The van der Waals surface area contributed by atoms with Crippen molar-refractivity contribution in [1.29, 1.82) is 0 Å². The van der Waals surface area contributed by atoms with Crippen LogP contribution in [0.25, 0.3) is 0 Å². The van der Waals surface area contributed by atoms with Gasteiger partial charge >= 0.3 is 0 Å². The zero-order valence-corrected chi connectivity index (χ0v) is 33.0. The molecule has 2 aliphatic rings. The van der Waals surface area contributed by atoms with Gasteiger partial charge in [0.1, 0.15) is 0 Å². The van der Waals surface area contributed by atoms with Crippen molar-refractivity contribution in [2.75, 3.05) is 5.73 Å². The molecule has 256 valence electrons. The summed E-state index contributed by atoms with van der Waals surface area (Å²) < 4.78 is 0. The summed E-state index contributed by atoms with van der Waals surface area (Å²) in [5.74, 6) is 0. The Bertz CT molecular complexity index is 1980. The molecule has 0 aliphatic heterocycles. The van der Waals surface area contributed by atoms with Crippen LogP contribution in [0.1, 0.15) is 74.0 Å². The molecular formula is C48H49NP2. The molecule has 2 atom stereocenters. The predicted octanol–water partition coefficient (Wildman–Crippen LogP) is 9.12. The summed E-state index contributed by atoms with van der Waals surface area (Å²) in [6.45, 7) is 15.6. The predicted molar refractivity (Wildman–Crippen MR) is 225 cm³/mol. The molecule has 0 amide bonds. The molecule has 0 bridgehead atoms. The van der Waals surface area contributed by atoms with Gasteiger partial charge in [0.05, 0.1) is 0 Å². The maximum absolute atomic E-state index is 6.52. The minimum Gasteiger partial charge on any atom is -0.399 e. The second-order valence-corrected chi connectivity index (χ2v) is 20.0. The van der Waals surface area contributed by atoms with E-state index in [4.69, 9.17) is 5.73 Å². The van der Waals surface area contributed by atoms with E-state index in [9.17, 15) is 0 Å². The van der Waals surface area contributed by atoms with Crippen LogP contribution in [0.5, 0.6) is 0 Å². The Morgan fingerprint density at radius 3 is 1.08 bits per heavy atom. The van der Waals surface area contributed by atoms with E-state index in [0.717, 1.165) is 18.5 Å². The molecule has 3 heteroatoms. The second kappa shape index (κ2) is 13.2. The number of benzene rings is 6. The molecule has 2 N–H and O–H groups in total. The van der Waals surface area contributed by atoms with Gasteiger partial charge in [-0.15, -0.1) is 0 Å². The number of anilines is 1. The van der Waals surface area contributed by atoms with Crippen LogP contribution in [0, 0.1) is 48.5 Å². The summed E-state index contributed by atoms with van der Waals surface area (Å²) in [6, 6.07) is 43.3. The van der Waals surface area contributed by atoms with Crippen molar-refractivity contribution in [2.24, 2.45) is 0 Å². The number of hydrogen-bond donors (Lipinski definition) is 1. The van der Waals surface area contributed by atoms with Gasteiger partial charge in [-0.05, 0) is 174 Å². The Hall–Kier alpha value is -4.02. The van der Waals surface area contributed by atoms with E-state index in [-0.39, 0.29) is 5.41 Å². The van der Waals surface area contributed by atoms with Crippen LogP contribution >= 0.6 is 15.8 Å². The summed E-state index contributed by atoms with van der Waals surface area (Å²) in [6.07, 6.45) is 4.66. The first-order valence-electron chi connectivity index (χ1n) is 18.4. The highest BCUT2D eigenvalue weighted by Crippen LogP contribution is 2.53. The highest BCUT2D eigenvalue weighted by Gasteiger charge is 2.45. The summed E-state index contributed by atoms with van der Waals surface area (Å²) in [7, 11) is -1.50. The minimum absolute atomic E-state index is 0.0535. The van der Waals surface area contributed by atoms with Gasteiger partial charge in [-0.25, -0.2) is 0 Å². The van der Waals surface area contributed by atoms with Crippen molar-refractivity contribution in [3.63, 3.8) is 0 Å². The van der Waals surface area contributed by atoms with Crippen molar-refractivity contribution < 1.29 is 0 Å². The van der Waals surface area contributed by atoms with Crippen molar-refractivity contribution in [2.45, 2.75) is 79.6 Å². The summed E-state index contributed by atoms with van der Waals surface area (Å²) in [4.78, 5) is 0. The molecule has 1 unspecified atom stereocenters. The van der Waals surface area contributed by atoms with Gasteiger partial charge in [-0.2, -0.15) is 0 Å². The van der Waals surface area contributed by atoms with Gasteiger partial charge in [0.15, 0.2) is 0 Å². The fourth-order valence-corrected chi connectivity index (χ4v) is 14.7. The van der Waals surface area contributed by atoms with Crippen LogP contribution < -0.4 is 37.6 Å². The van der Waals surface area contributed by atoms with Gasteiger partial charge in [0.2, 0.25) is 0 Å². The van der Waals surface area contributed by atoms with Crippen LogP contribution in [0.15, 0.2) is 109 Å². The second-order valence-electron chi connectivity index (χ2n) is 15.6. The maximum Gasteiger partial charge on any atom is 0.0323 e. The van der Waals surface area contributed by atoms with Crippen molar-refractivity contribution in [3.05, 3.63) is 170 Å². The van der Waals surface area contributed by atoms with Crippen LogP contribution in [0.4, 0.5) is 5.69 Å². The van der Waals surface area contributed by atoms with Crippen molar-refractivity contribution in [3.8, 4) is 0 Å². The van der Waals surface area contributed by atoms with E-state index in [2.05, 4.69) is 158 Å². The highest BCUT2D eigenvalue weighted by molar-refractivity contribution is 7.80. The molecule has 0 radical (unpaired) electrons. The van der Waals surface area contributed by atoms with Gasteiger partial charge in [0.25, 0.3) is 0 Å². The third-order valence-corrected chi connectivity index (χ3v) is 15.8. The molecule has 0 aromatic heterocycles. The molecule has 1 spiro atoms. The SMILES string of the molecule is Cc1cc(C)cc(P(c2cc(C)cc(C)c2)c2ccc3c(c2)[C@@]2(CC3)CCc3ccc(P(c4cc(C)cc(C)c4)c4cc(C)cc(N)c4)cc32)c1. The number of nitrogen functional groups attached to an aromatic ring is 1. The molecule has 6 aromatic rings. The lowest BCUT2D eigenvalue weighted by Crippen LogP contribution is -2.27. The number of aryl methyl sites for hydroxylation is 9. The third kappa shape index (κ3) is 6.39. The Morgan fingerprint density at radius 1 is 0.392 bits per heavy atom. The Kier molecular flexibility index (Phi) is 8.82. The average molecular weight is 702 g/mol. The van der Waals surface area contributed by atoms with Gasteiger partial charge in [-0.3, -0.25) is 0 Å². The molecule has 2 aliphatic carbocycles. The van der Waals surface area contributed by atoms with Gasteiger partial charge < -0.3 is 5.73 Å². The summed E-state index contributed by atoms with van der Waals surface area (Å²) in [5.41, 5.74) is 22.8. The zero-order chi connectivity index (χ0) is 35.6. The molecule has 0 saturated heterocycles. The van der Waals surface area contributed by atoms with Crippen molar-refractivity contribution >= 4 is 53.4 Å². The molecular weight excluding hydrogens is 652 g/mol. The Balaban J connectivity index is 1.29. The van der Waals surface area contributed by atoms with E-state index in [0.29, 0.717) is 0 Å². The van der Waals surface area contributed by atoms with E-state index >= 15 is 0 Å². The van der Waals surface area contributed by atoms with Gasteiger partial charge in [0, 0.05) is 11.1 Å². The number of nitrogens with two attached hydrogens (primary N) is 1. The van der Waals surface area contributed by atoms with Gasteiger partial charge in [-0.1, -0.05) is 118 Å². The normalized spacial score (nSPS) is 16.9. The summed E-state index contributed by atoms with van der Waals surface area (Å²) >= 11 is 0. The fourth-order valence-electron chi connectivity index (χ4n) is 9.29. The van der Waals surface area contributed by atoms with E-state index < -0.39 is 15.8 Å². The van der Waals surface area contributed by atoms with E-state index in [1.807, 2.05) is 0 Å². The smallest absolute Gasteiger partial charge is 0.0323 e. The van der Waals surface area contributed by atoms with Crippen LogP contribution in [0.2, 0.25) is 0 Å². The first kappa shape index (κ1) is 34.1. The molecule has 51 heavy (non-hydrogen) atoms. The first-order chi connectivity index (χ1) is 24.5. The standard InChI is InChI=1S/C48H49NP2/c1-30-16-31(2)21-42(20-30)50(43-22-32(3)17-33(4)23-43)40-10-8-37-12-14-48(46(37)28-40)15-13-38-9-11-41(29-47(38)48)51(44-24-34(5)18-35(6)25-44)45-26-36(7)19-39(49)27-45/h8-11,16-29H,12-15,49H2,1-7H3/t48-,51?/m1/s1. The van der Waals surface area contributed by atoms with Crippen LogP contribution in [0.3, 0.4) is 0 Å². The van der Waals surface area contributed by atoms with Crippen LogP contribution in [-0.2, 0) is 18.3 Å². The Morgan fingerprint density at radius 2 is 0.725 bits per heavy atom. The minimum atomic E-state index is -0.782. The molecule has 1 nitrogen and oxygen atoms in total. The fraction of sp³-hybridized carbons (Fsp3) is 0.250. The largest absolute Gasteiger partial charge is 0.399 e. The molecule has 0 saturated carbocycles. The maximum atomic E-state index is 6.52. The third-order valence-electron chi connectivity index (χ3n) is 11.1. The quantitative estimate of drug-likeness (QED) is 0.136. The number of rotatable bonds is 6. The average Bonchev–Trinajstić information content (AvgIpc) is 3.60. The first-order valence-corrected chi connectivity index (χ1v) is 21.1. The number of fused-ring (bicyclic) bond motifs is 4. The zero-order valence-electron chi connectivity index (χ0n) is 31.2. The topological polar surface area (TPSA) is 26.0 Å². The lowest BCUT2D eigenvalue weighted by molar-refractivity contribution is 0.508. The van der Waals surface area contributed by atoms with Crippen LogP contribution in [-0.4, -0.2) is 0 Å². The molecule has 8 rings (SSSR count). The number of hydrogen-bond acceptors (Lipinski definition) is 1. The molecule has 0 fully saturated rings. The lowest BCUT2D eigenvalue weighted by atomic mass is 9.77. The molecule has 0 heterocycles. The Labute approximate surface area is 307 Å². The summed E-state index contributed by atoms with van der Waals surface area (Å²) in [5, 5.41) is 8.53. The highest BCUT2D eigenvalue weighted by atomic mass is 31.1. The monoisotopic (exact) mass is 701 g/mol. The van der Waals surface area contributed by atoms with Crippen molar-refractivity contribution in [1.82, 2.24) is 0 Å².